The molecule has 0 saturated heterocycles. The number of benzene rings is 2. The van der Waals surface area contributed by atoms with E-state index in [1.165, 1.54) is 5.56 Å². The fraction of sp³-hybridized carbons (Fsp3) is 0.409. The number of fused-ring (bicyclic) bond motifs is 2. The lowest BCUT2D eigenvalue weighted by molar-refractivity contribution is -0.123. The number of hydrogen-bond acceptors (Lipinski definition) is 4. The number of carbonyl (C=O) groups is 1. The van der Waals surface area contributed by atoms with Crippen LogP contribution in [0.1, 0.15) is 25.0 Å². The Bertz CT molecular complexity index is 846. The van der Waals surface area contributed by atoms with Crippen molar-refractivity contribution < 1.29 is 19.0 Å². The first-order chi connectivity index (χ1) is 13.0. The van der Waals surface area contributed by atoms with Crippen LogP contribution in [0, 0.1) is 5.92 Å². The molecule has 5 nitrogen and oxygen atoms in total. The number of carbonyl (C=O) groups excluding carboxylic acids is 1. The van der Waals surface area contributed by atoms with Crippen LogP contribution in [0.25, 0.3) is 0 Å². The Morgan fingerprint density at radius 2 is 2.00 bits per heavy atom. The Kier molecular flexibility index (Phi) is 4.68. The molecule has 0 aromatic heterocycles. The topological polar surface area (TPSA) is 56.8 Å². The van der Waals surface area contributed by atoms with Crippen molar-refractivity contribution in [3.05, 3.63) is 53.6 Å². The molecule has 4 rings (SSSR count). The van der Waals surface area contributed by atoms with E-state index in [1.54, 1.807) is 0 Å². The largest absolute Gasteiger partial charge is 0.493 e. The molecule has 5 heteroatoms. The standard InChI is InChI=1S/C22H25NO4/c1-22(2)11-17-7-5-9-19(21(17)27-22)26-14-20(24)23-12-15-10-16-6-3-4-8-18(16)25-13-15/h3-9,15H,10-14H2,1-2H3,(H,23,24). The van der Waals surface area contributed by atoms with Crippen LogP contribution in [0.2, 0.25) is 0 Å². The number of hydrogen-bond donors (Lipinski definition) is 1. The van der Waals surface area contributed by atoms with Crippen LogP contribution in [0.15, 0.2) is 42.5 Å². The molecule has 0 fully saturated rings. The van der Waals surface area contributed by atoms with E-state index < -0.39 is 0 Å². The molecule has 2 aliphatic rings. The van der Waals surface area contributed by atoms with Gasteiger partial charge in [-0.3, -0.25) is 4.79 Å². The van der Waals surface area contributed by atoms with Crippen molar-refractivity contribution in [3.63, 3.8) is 0 Å². The summed E-state index contributed by atoms with van der Waals surface area (Å²) >= 11 is 0. The zero-order chi connectivity index (χ0) is 18.9. The van der Waals surface area contributed by atoms with Crippen LogP contribution in [0.5, 0.6) is 17.2 Å². The highest BCUT2D eigenvalue weighted by Gasteiger charge is 2.32. The minimum absolute atomic E-state index is 0.0234. The van der Waals surface area contributed by atoms with Crippen LogP contribution in [0.4, 0.5) is 0 Å². The van der Waals surface area contributed by atoms with E-state index in [9.17, 15) is 4.79 Å². The summed E-state index contributed by atoms with van der Waals surface area (Å²) in [5.74, 6) is 2.47. The Morgan fingerprint density at radius 3 is 2.89 bits per heavy atom. The predicted octanol–water partition coefficient (Wildman–Crippen LogP) is 3.15. The highest BCUT2D eigenvalue weighted by molar-refractivity contribution is 5.77. The minimum Gasteiger partial charge on any atom is -0.493 e. The molecule has 1 amide bonds. The molecule has 1 unspecified atom stereocenters. The van der Waals surface area contributed by atoms with Crippen molar-refractivity contribution in [2.24, 2.45) is 5.92 Å². The van der Waals surface area contributed by atoms with Crippen molar-refractivity contribution in [1.82, 2.24) is 5.32 Å². The summed E-state index contributed by atoms with van der Waals surface area (Å²) in [6, 6.07) is 13.9. The van der Waals surface area contributed by atoms with Crippen molar-refractivity contribution in [2.75, 3.05) is 19.8 Å². The maximum absolute atomic E-state index is 12.2. The maximum atomic E-state index is 12.2. The molecule has 0 radical (unpaired) electrons. The van der Waals surface area contributed by atoms with Crippen LogP contribution in [-0.4, -0.2) is 31.3 Å². The average Bonchev–Trinajstić information content (AvgIpc) is 2.99. The summed E-state index contributed by atoms with van der Waals surface area (Å²) in [6.07, 6.45) is 1.75. The van der Waals surface area contributed by atoms with Gasteiger partial charge in [0.2, 0.25) is 0 Å². The summed E-state index contributed by atoms with van der Waals surface area (Å²) < 4.78 is 17.5. The summed E-state index contributed by atoms with van der Waals surface area (Å²) in [5.41, 5.74) is 2.08. The van der Waals surface area contributed by atoms with Crippen LogP contribution >= 0.6 is 0 Å². The maximum Gasteiger partial charge on any atom is 0.257 e. The molecule has 1 N–H and O–H groups in total. The molecule has 27 heavy (non-hydrogen) atoms. The Morgan fingerprint density at radius 1 is 1.19 bits per heavy atom. The fourth-order valence-electron chi connectivity index (χ4n) is 3.68. The molecular formula is C22H25NO4. The van der Waals surface area contributed by atoms with E-state index in [0.717, 1.165) is 29.9 Å². The van der Waals surface area contributed by atoms with Gasteiger partial charge in [-0.1, -0.05) is 30.3 Å². The number of amides is 1. The fourth-order valence-corrected chi connectivity index (χ4v) is 3.68. The first-order valence-electron chi connectivity index (χ1n) is 9.41. The highest BCUT2D eigenvalue weighted by atomic mass is 16.5. The minimum atomic E-state index is -0.235. The Hall–Kier alpha value is -2.69. The summed E-state index contributed by atoms with van der Waals surface area (Å²) in [5, 5.41) is 2.95. The lowest BCUT2D eigenvalue weighted by Crippen LogP contribution is -2.37. The summed E-state index contributed by atoms with van der Waals surface area (Å²) in [4.78, 5) is 12.2. The predicted molar refractivity (Wildman–Crippen MR) is 102 cm³/mol. The molecule has 0 aliphatic carbocycles. The van der Waals surface area contributed by atoms with E-state index in [2.05, 4.69) is 11.4 Å². The normalized spacial score (nSPS) is 19.3. The van der Waals surface area contributed by atoms with Gasteiger partial charge in [0.25, 0.3) is 5.91 Å². The number of rotatable bonds is 5. The summed E-state index contributed by atoms with van der Waals surface area (Å²) in [7, 11) is 0. The molecule has 0 bridgehead atoms. The Labute approximate surface area is 159 Å². The van der Waals surface area contributed by atoms with Gasteiger partial charge in [-0.15, -0.1) is 0 Å². The van der Waals surface area contributed by atoms with Gasteiger partial charge in [0.1, 0.15) is 11.4 Å². The van der Waals surface area contributed by atoms with E-state index in [-0.39, 0.29) is 24.0 Å². The number of nitrogens with one attached hydrogen (secondary N) is 1. The van der Waals surface area contributed by atoms with Gasteiger partial charge in [0.15, 0.2) is 18.1 Å². The van der Waals surface area contributed by atoms with Gasteiger partial charge in [0.05, 0.1) is 6.61 Å². The molecule has 142 valence electrons. The van der Waals surface area contributed by atoms with Crippen molar-refractivity contribution in [1.29, 1.82) is 0 Å². The molecule has 2 aromatic carbocycles. The first kappa shape index (κ1) is 17.7. The molecule has 2 aliphatic heterocycles. The van der Waals surface area contributed by atoms with Gasteiger partial charge < -0.3 is 19.5 Å². The molecular weight excluding hydrogens is 342 g/mol. The second-order valence-corrected chi connectivity index (χ2v) is 7.86. The van der Waals surface area contributed by atoms with Crippen molar-refractivity contribution in [2.45, 2.75) is 32.3 Å². The third-order valence-corrected chi connectivity index (χ3v) is 4.96. The van der Waals surface area contributed by atoms with E-state index in [0.29, 0.717) is 18.9 Å². The SMILES string of the molecule is CC1(C)Cc2cccc(OCC(=O)NCC3COc4ccccc4C3)c2O1. The van der Waals surface area contributed by atoms with E-state index >= 15 is 0 Å². The van der Waals surface area contributed by atoms with E-state index in [1.807, 2.05) is 50.2 Å². The quantitative estimate of drug-likeness (QED) is 0.882. The molecule has 1 atom stereocenters. The van der Waals surface area contributed by atoms with Crippen molar-refractivity contribution >= 4 is 5.91 Å². The third-order valence-electron chi connectivity index (χ3n) is 4.96. The lowest BCUT2D eigenvalue weighted by Gasteiger charge is -2.25. The second kappa shape index (κ2) is 7.14. The van der Waals surface area contributed by atoms with Gasteiger partial charge >= 0.3 is 0 Å². The van der Waals surface area contributed by atoms with Gasteiger partial charge in [0, 0.05) is 24.4 Å². The molecule has 2 heterocycles. The second-order valence-electron chi connectivity index (χ2n) is 7.86. The number of para-hydroxylation sites is 2. The smallest absolute Gasteiger partial charge is 0.257 e. The van der Waals surface area contributed by atoms with Crippen molar-refractivity contribution in [3.8, 4) is 17.2 Å². The average molecular weight is 367 g/mol. The number of ether oxygens (including phenoxy) is 3. The van der Waals surface area contributed by atoms with Gasteiger partial charge in [-0.05, 0) is 38.0 Å². The zero-order valence-corrected chi connectivity index (χ0v) is 15.8. The van der Waals surface area contributed by atoms with Crippen LogP contribution in [-0.2, 0) is 17.6 Å². The highest BCUT2D eigenvalue weighted by Crippen LogP contribution is 2.41. The molecule has 0 saturated carbocycles. The Balaban J connectivity index is 1.28. The van der Waals surface area contributed by atoms with Gasteiger partial charge in [-0.2, -0.15) is 0 Å². The third kappa shape index (κ3) is 4.02. The van der Waals surface area contributed by atoms with Crippen LogP contribution < -0.4 is 19.5 Å². The molecule has 2 aromatic rings. The molecule has 0 spiro atoms. The van der Waals surface area contributed by atoms with Crippen LogP contribution in [0.3, 0.4) is 0 Å². The monoisotopic (exact) mass is 367 g/mol. The van der Waals surface area contributed by atoms with E-state index in [4.69, 9.17) is 14.2 Å². The lowest BCUT2D eigenvalue weighted by atomic mass is 9.97. The first-order valence-corrected chi connectivity index (χ1v) is 9.41. The zero-order valence-electron chi connectivity index (χ0n) is 15.8. The summed E-state index contributed by atoms with van der Waals surface area (Å²) in [6.45, 7) is 5.27. The van der Waals surface area contributed by atoms with Gasteiger partial charge in [-0.25, -0.2) is 0 Å².